The van der Waals surface area contributed by atoms with E-state index in [0.29, 0.717) is 0 Å². The molecule has 1 aliphatic heterocycles. The van der Waals surface area contributed by atoms with Crippen LogP contribution in [0.15, 0.2) is 0 Å². The van der Waals surface area contributed by atoms with Gasteiger partial charge >= 0.3 is 7.69 Å². The molecule has 1 radical (unpaired) electrons. The first-order valence-electron chi connectivity index (χ1n) is 2.32. The van der Waals surface area contributed by atoms with E-state index in [-0.39, 0.29) is 0 Å². The van der Waals surface area contributed by atoms with Gasteiger partial charge in [0.25, 0.3) is 0 Å². The van der Waals surface area contributed by atoms with E-state index in [2.05, 4.69) is 10.2 Å². The quantitative estimate of drug-likeness (QED) is 0.414. The zero-order valence-electron chi connectivity index (χ0n) is 4.02. The van der Waals surface area contributed by atoms with Gasteiger partial charge in [-0.25, -0.2) is 5.48 Å². The molecule has 7 heavy (non-hydrogen) atoms. The Bertz CT molecular complexity index is 32.5. The molecule has 1 aliphatic rings. The lowest BCUT2D eigenvalue weighted by atomic mass is 10.4. The number of hydroxylamine groups is 1. The molecule has 1 heterocycles. The van der Waals surface area contributed by atoms with E-state index in [0.717, 1.165) is 19.6 Å². The highest BCUT2D eigenvalue weighted by Crippen LogP contribution is 1.83. The summed E-state index contributed by atoms with van der Waals surface area (Å²) in [7, 11) is 1.31. The van der Waals surface area contributed by atoms with E-state index in [1.165, 1.54) is 7.69 Å². The average molecular weight is 99.9 g/mol. The molecule has 0 spiro atoms. The van der Waals surface area contributed by atoms with Crippen LogP contribution in [0.25, 0.3) is 0 Å². The highest BCUT2D eigenvalue weighted by molar-refractivity contribution is 6.17. The molecule has 0 atom stereocenters. The van der Waals surface area contributed by atoms with Crippen molar-refractivity contribution in [3.8, 4) is 0 Å². The maximum absolute atomic E-state index is 4.78. The third kappa shape index (κ3) is 1.92. The summed E-state index contributed by atoms with van der Waals surface area (Å²) in [5.74, 6) is 0. The third-order valence-corrected chi connectivity index (χ3v) is 0.741. The fourth-order valence-corrected chi connectivity index (χ4v) is 0.403. The predicted octanol–water partition coefficient (Wildman–Crippen LogP) is -0.538. The Labute approximate surface area is 43.3 Å². The van der Waals surface area contributed by atoms with Crippen LogP contribution in [0.1, 0.15) is 6.42 Å². The second kappa shape index (κ2) is 3.01. The molecule has 1 saturated heterocycles. The number of hydrogen-bond acceptors (Lipinski definition) is 3. The Kier molecular flexibility index (Phi) is 2.19. The molecule has 1 fully saturated rings. The molecular weight excluding hydrogens is 92.8 g/mol. The van der Waals surface area contributed by atoms with Crippen molar-refractivity contribution in [2.24, 2.45) is 0 Å². The molecule has 0 aromatic carbocycles. The molecule has 3 nitrogen and oxygen atoms in total. The van der Waals surface area contributed by atoms with Gasteiger partial charge in [-0.1, -0.05) is 0 Å². The van der Waals surface area contributed by atoms with Crippen molar-refractivity contribution in [3.63, 3.8) is 0 Å². The van der Waals surface area contributed by atoms with Gasteiger partial charge in [-0.2, -0.15) is 0 Å². The summed E-state index contributed by atoms with van der Waals surface area (Å²) < 4.78 is 9.38. The van der Waals surface area contributed by atoms with Crippen LogP contribution in [0.5, 0.6) is 0 Å². The molecular formula is C3H7BNO2. The van der Waals surface area contributed by atoms with Crippen molar-refractivity contribution >= 4 is 7.69 Å². The lowest BCUT2D eigenvalue weighted by Crippen LogP contribution is -2.14. The number of nitrogens with one attached hydrogen (secondary N) is 1. The van der Waals surface area contributed by atoms with Gasteiger partial charge in [0, 0.05) is 13.2 Å². The summed E-state index contributed by atoms with van der Waals surface area (Å²) in [5, 5.41) is 0. The van der Waals surface area contributed by atoms with E-state index < -0.39 is 0 Å². The minimum atomic E-state index is 0.757. The van der Waals surface area contributed by atoms with Gasteiger partial charge in [-0.15, -0.1) is 0 Å². The average Bonchev–Trinajstić information content (AvgIpc) is 1.90. The maximum Gasteiger partial charge on any atom is 0.506 e. The smallest absolute Gasteiger partial charge is 0.412 e. The summed E-state index contributed by atoms with van der Waals surface area (Å²) >= 11 is 0. The molecule has 0 aliphatic carbocycles. The van der Waals surface area contributed by atoms with Crippen LogP contribution in [0, 0.1) is 0 Å². The van der Waals surface area contributed by atoms with Gasteiger partial charge in [0.05, 0.1) is 0 Å². The van der Waals surface area contributed by atoms with E-state index in [1.54, 1.807) is 0 Å². The minimum absolute atomic E-state index is 0.757. The van der Waals surface area contributed by atoms with Crippen LogP contribution in [0.2, 0.25) is 0 Å². The van der Waals surface area contributed by atoms with Crippen molar-refractivity contribution in [2.75, 3.05) is 13.2 Å². The van der Waals surface area contributed by atoms with Crippen LogP contribution < -0.4 is 5.48 Å². The van der Waals surface area contributed by atoms with Gasteiger partial charge in [-0.05, 0) is 6.42 Å². The Balaban J connectivity index is 2.04. The Hall–Kier alpha value is -0.0551. The molecule has 0 aromatic rings. The fourth-order valence-electron chi connectivity index (χ4n) is 0.403. The highest BCUT2D eigenvalue weighted by Gasteiger charge is 1.98. The third-order valence-electron chi connectivity index (χ3n) is 0.741. The van der Waals surface area contributed by atoms with Gasteiger partial charge in [-0.3, -0.25) is 0 Å². The fraction of sp³-hybridized carbons (Fsp3) is 1.00. The first-order valence-corrected chi connectivity index (χ1v) is 2.32. The molecule has 1 rings (SSSR count). The maximum atomic E-state index is 4.78. The van der Waals surface area contributed by atoms with E-state index in [1.807, 2.05) is 0 Å². The van der Waals surface area contributed by atoms with E-state index in [9.17, 15) is 0 Å². The van der Waals surface area contributed by atoms with Gasteiger partial charge in [0.1, 0.15) is 0 Å². The summed E-state index contributed by atoms with van der Waals surface area (Å²) in [5.41, 5.74) is 2.67. The van der Waals surface area contributed by atoms with Crippen molar-refractivity contribution in [3.05, 3.63) is 0 Å². The molecule has 0 bridgehead atoms. The molecule has 0 unspecified atom stereocenters. The zero-order valence-corrected chi connectivity index (χ0v) is 4.02. The van der Waals surface area contributed by atoms with Gasteiger partial charge < -0.3 is 9.41 Å². The summed E-state index contributed by atoms with van der Waals surface area (Å²) in [6.45, 7) is 1.63. The molecule has 0 saturated carbocycles. The van der Waals surface area contributed by atoms with Crippen LogP contribution in [0.3, 0.4) is 0 Å². The van der Waals surface area contributed by atoms with Gasteiger partial charge in [0.2, 0.25) is 0 Å². The van der Waals surface area contributed by atoms with Crippen LogP contribution in [-0.4, -0.2) is 20.8 Å². The molecule has 1 N–H and O–H groups in total. The topological polar surface area (TPSA) is 30.5 Å². The largest absolute Gasteiger partial charge is 0.506 e. The molecule has 0 aromatic heterocycles. The Morgan fingerprint density at radius 3 is 3.57 bits per heavy atom. The number of hydrogen-bond donors (Lipinski definition) is 1. The molecule has 4 heteroatoms. The first kappa shape index (κ1) is 5.09. The summed E-state index contributed by atoms with van der Waals surface area (Å²) in [6, 6.07) is 0. The lowest BCUT2D eigenvalue weighted by molar-refractivity contribution is 0.184. The van der Waals surface area contributed by atoms with Gasteiger partial charge in [0.15, 0.2) is 0 Å². The van der Waals surface area contributed by atoms with Crippen molar-refractivity contribution in [1.29, 1.82) is 0 Å². The monoisotopic (exact) mass is 100 g/mol. The highest BCUT2D eigenvalue weighted by atomic mass is 16.7. The zero-order chi connectivity index (χ0) is 4.95. The normalized spacial score (nSPS) is 22.9. The van der Waals surface area contributed by atoms with Crippen LogP contribution in [-0.2, 0) is 9.41 Å². The van der Waals surface area contributed by atoms with Crippen molar-refractivity contribution in [1.82, 2.24) is 5.48 Å². The van der Waals surface area contributed by atoms with Crippen molar-refractivity contribution in [2.45, 2.75) is 6.42 Å². The molecule has 0 amide bonds. The first-order chi connectivity index (χ1) is 3.50. The number of rotatable bonds is 0. The summed E-state index contributed by atoms with van der Waals surface area (Å²) in [4.78, 5) is 0. The van der Waals surface area contributed by atoms with Crippen LogP contribution >= 0.6 is 0 Å². The van der Waals surface area contributed by atoms with E-state index in [4.69, 9.17) is 4.65 Å². The van der Waals surface area contributed by atoms with E-state index >= 15 is 0 Å². The second-order valence-corrected chi connectivity index (χ2v) is 1.33. The molecule has 39 valence electrons. The lowest BCUT2D eigenvalue weighted by Gasteiger charge is -1.91. The predicted molar refractivity (Wildman–Crippen MR) is 25.4 cm³/mol. The standard InChI is InChI=1S/C3H7BNO2/c1-2-5-7-4-6-3-1/h5H,1-3H2. The Morgan fingerprint density at radius 1 is 1.57 bits per heavy atom. The van der Waals surface area contributed by atoms with Crippen molar-refractivity contribution < 1.29 is 9.41 Å². The minimum Gasteiger partial charge on any atom is -0.412 e. The SMILES string of the molecule is [B]1OCCCNO1. The Morgan fingerprint density at radius 2 is 2.57 bits per heavy atom. The summed E-state index contributed by atoms with van der Waals surface area (Å²) in [6.07, 6.45) is 1.01. The second-order valence-electron chi connectivity index (χ2n) is 1.33. The van der Waals surface area contributed by atoms with Crippen LogP contribution in [0.4, 0.5) is 0 Å².